The average Bonchev–Trinajstić information content (AvgIpc) is 2.61. The van der Waals surface area contributed by atoms with Crippen molar-refractivity contribution >= 4 is 0 Å². The quantitative estimate of drug-likeness (QED) is 0.637. The van der Waals surface area contributed by atoms with Gasteiger partial charge in [-0.3, -0.25) is 0 Å². The summed E-state index contributed by atoms with van der Waals surface area (Å²) in [5.74, 6) is 1.24. The molecule has 0 radical (unpaired) electrons. The molecule has 0 fully saturated rings. The summed E-state index contributed by atoms with van der Waals surface area (Å²) in [6, 6.07) is 29.6. The maximum atomic E-state index is 5.59. The zero-order chi connectivity index (χ0) is 15.2. The normalized spacial score (nSPS) is 11.9. The molecule has 3 aromatic rings. The van der Waals surface area contributed by atoms with Crippen molar-refractivity contribution in [1.82, 2.24) is 0 Å². The predicted molar refractivity (Wildman–Crippen MR) is 91.4 cm³/mol. The lowest BCUT2D eigenvalue weighted by molar-refractivity contribution is 0.407. The van der Waals surface area contributed by atoms with E-state index in [2.05, 4.69) is 72.8 Å². The summed E-state index contributed by atoms with van der Waals surface area (Å²) < 4.78 is 5.59. The van der Waals surface area contributed by atoms with Gasteiger partial charge < -0.3 is 4.74 Å². The molecule has 1 nitrogen and oxygen atoms in total. The molecule has 0 N–H and O–H groups in total. The monoisotopic (exact) mass is 288 g/mol. The van der Waals surface area contributed by atoms with Gasteiger partial charge in [0.15, 0.2) is 0 Å². The van der Waals surface area contributed by atoms with E-state index in [9.17, 15) is 0 Å². The molecule has 0 aliphatic heterocycles. The Balaban J connectivity index is 2.03. The topological polar surface area (TPSA) is 9.23 Å². The standard InChI is InChI=1S/C21H20O/c1-22-21-15-9-8-14-19(21)20(18-12-6-3-7-13-18)16-17-10-4-2-5-11-17/h2-15,20H,16H2,1H3/t20-/m1/s1. The molecular weight excluding hydrogens is 268 g/mol. The predicted octanol–water partition coefficient (Wildman–Crippen LogP) is 5.07. The van der Waals surface area contributed by atoms with Crippen LogP contribution in [-0.2, 0) is 6.42 Å². The van der Waals surface area contributed by atoms with Crippen LogP contribution in [0.3, 0.4) is 0 Å². The lowest BCUT2D eigenvalue weighted by Crippen LogP contribution is -2.07. The minimum atomic E-state index is 0.291. The van der Waals surface area contributed by atoms with E-state index in [-0.39, 0.29) is 0 Å². The van der Waals surface area contributed by atoms with Crippen LogP contribution in [0.15, 0.2) is 84.9 Å². The molecular formula is C21H20O. The fourth-order valence-electron chi connectivity index (χ4n) is 2.90. The van der Waals surface area contributed by atoms with Crippen LogP contribution >= 0.6 is 0 Å². The summed E-state index contributed by atoms with van der Waals surface area (Å²) in [4.78, 5) is 0. The van der Waals surface area contributed by atoms with Gasteiger partial charge in [0.25, 0.3) is 0 Å². The zero-order valence-electron chi connectivity index (χ0n) is 12.8. The summed E-state index contributed by atoms with van der Waals surface area (Å²) in [6.45, 7) is 0. The Labute approximate surface area is 132 Å². The average molecular weight is 288 g/mol. The van der Waals surface area contributed by atoms with Gasteiger partial charge >= 0.3 is 0 Å². The van der Waals surface area contributed by atoms with Gasteiger partial charge in [-0.05, 0) is 23.6 Å². The second kappa shape index (κ2) is 6.95. The first-order valence-corrected chi connectivity index (χ1v) is 7.60. The maximum Gasteiger partial charge on any atom is 0.122 e. The Morgan fingerprint density at radius 3 is 2.00 bits per heavy atom. The van der Waals surface area contributed by atoms with Crippen LogP contribution in [0.2, 0.25) is 0 Å². The van der Waals surface area contributed by atoms with Crippen molar-refractivity contribution < 1.29 is 4.74 Å². The highest BCUT2D eigenvalue weighted by atomic mass is 16.5. The van der Waals surface area contributed by atoms with Crippen molar-refractivity contribution in [2.45, 2.75) is 12.3 Å². The number of ether oxygens (including phenoxy) is 1. The van der Waals surface area contributed by atoms with E-state index in [0.717, 1.165) is 12.2 Å². The zero-order valence-corrected chi connectivity index (χ0v) is 12.8. The molecule has 22 heavy (non-hydrogen) atoms. The molecule has 0 saturated heterocycles. The summed E-state index contributed by atoms with van der Waals surface area (Å²) >= 11 is 0. The van der Waals surface area contributed by atoms with Crippen molar-refractivity contribution in [3.8, 4) is 5.75 Å². The van der Waals surface area contributed by atoms with Crippen molar-refractivity contribution in [3.63, 3.8) is 0 Å². The lowest BCUT2D eigenvalue weighted by atomic mass is 9.85. The van der Waals surface area contributed by atoms with Crippen molar-refractivity contribution in [2.75, 3.05) is 7.11 Å². The fourth-order valence-corrected chi connectivity index (χ4v) is 2.90. The van der Waals surface area contributed by atoms with E-state index in [1.165, 1.54) is 16.7 Å². The molecule has 0 aromatic heterocycles. The molecule has 110 valence electrons. The van der Waals surface area contributed by atoms with Crippen LogP contribution < -0.4 is 4.74 Å². The first-order chi connectivity index (χ1) is 10.9. The molecule has 1 atom stereocenters. The van der Waals surface area contributed by atoms with E-state index < -0.39 is 0 Å². The number of benzene rings is 3. The lowest BCUT2D eigenvalue weighted by Gasteiger charge is -2.20. The van der Waals surface area contributed by atoms with Gasteiger partial charge in [-0.25, -0.2) is 0 Å². The van der Waals surface area contributed by atoms with Gasteiger partial charge in [-0.15, -0.1) is 0 Å². The second-order valence-electron chi connectivity index (χ2n) is 5.39. The van der Waals surface area contributed by atoms with Crippen LogP contribution in [0.5, 0.6) is 5.75 Å². The molecule has 0 amide bonds. The summed E-state index contributed by atoms with van der Waals surface area (Å²) in [5.41, 5.74) is 3.89. The van der Waals surface area contributed by atoms with Gasteiger partial charge in [0, 0.05) is 11.5 Å². The van der Waals surface area contributed by atoms with E-state index in [1.807, 2.05) is 12.1 Å². The first-order valence-electron chi connectivity index (χ1n) is 7.60. The smallest absolute Gasteiger partial charge is 0.122 e. The SMILES string of the molecule is COc1ccccc1[C@H](Cc1ccccc1)c1ccccc1. The minimum absolute atomic E-state index is 0.291. The van der Waals surface area contributed by atoms with E-state index in [4.69, 9.17) is 4.74 Å². The van der Waals surface area contributed by atoms with E-state index >= 15 is 0 Å². The molecule has 3 aromatic carbocycles. The first kappa shape index (κ1) is 14.4. The summed E-state index contributed by atoms with van der Waals surface area (Å²) in [7, 11) is 1.74. The van der Waals surface area contributed by atoms with Crippen molar-refractivity contribution in [3.05, 3.63) is 102 Å². The number of para-hydroxylation sites is 1. The number of hydrogen-bond acceptors (Lipinski definition) is 1. The molecule has 0 unspecified atom stereocenters. The Kier molecular flexibility index (Phi) is 4.55. The molecule has 0 aliphatic carbocycles. The van der Waals surface area contributed by atoms with Crippen molar-refractivity contribution in [2.24, 2.45) is 0 Å². The second-order valence-corrected chi connectivity index (χ2v) is 5.39. The number of hydrogen-bond donors (Lipinski definition) is 0. The molecule has 0 aliphatic rings. The van der Waals surface area contributed by atoms with Crippen molar-refractivity contribution in [1.29, 1.82) is 0 Å². The van der Waals surface area contributed by atoms with Gasteiger partial charge in [0.2, 0.25) is 0 Å². The number of rotatable bonds is 5. The Morgan fingerprint density at radius 2 is 1.32 bits per heavy atom. The summed E-state index contributed by atoms with van der Waals surface area (Å²) in [5, 5.41) is 0. The largest absolute Gasteiger partial charge is 0.496 e. The molecule has 0 saturated carbocycles. The van der Waals surface area contributed by atoms with Crippen LogP contribution in [0.4, 0.5) is 0 Å². The molecule has 0 bridgehead atoms. The van der Waals surface area contributed by atoms with Crippen LogP contribution in [0.25, 0.3) is 0 Å². The molecule has 0 heterocycles. The third-order valence-corrected chi connectivity index (χ3v) is 4.00. The maximum absolute atomic E-state index is 5.59. The van der Waals surface area contributed by atoms with Crippen LogP contribution in [0, 0.1) is 0 Å². The Bertz CT molecular complexity index is 704. The van der Waals surface area contributed by atoms with Gasteiger partial charge in [0.1, 0.15) is 5.75 Å². The van der Waals surface area contributed by atoms with Crippen LogP contribution in [-0.4, -0.2) is 7.11 Å². The molecule has 1 heteroatoms. The number of methoxy groups -OCH3 is 1. The van der Waals surface area contributed by atoms with Gasteiger partial charge in [0.05, 0.1) is 7.11 Å². The van der Waals surface area contributed by atoms with Gasteiger partial charge in [-0.2, -0.15) is 0 Å². The highest BCUT2D eigenvalue weighted by molar-refractivity contribution is 5.43. The van der Waals surface area contributed by atoms with E-state index in [1.54, 1.807) is 7.11 Å². The van der Waals surface area contributed by atoms with E-state index in [0.29, 0.717) is 5.92 Å². The molecule has 0 spiro atoms. The third kappa shape index (κ3) is 3.20. The van der Waals surface area contributed by atoms with Gasteiger partial charge in [-0.1, -0.05) is 78.9 Å². The third-order valence-electron chi connectivity index (χ3n) is 4.00. The Hall–Kier alpha value is -2.54. The minimum Gasteiger partial charge on any atom is -0.496 e. The fraction of sp³-hybridized carbons (Fsp3) is 0.143. The summed E-state index contributed by atoms with van der Waals surface area (Å²) in [6.07, 6.45) is 0.964. The highest BCUT2D eigenvalue weighted by Crippen LogP contribution is 2.34. The van der Waals surface area contributed by atoms with Crippen LogP contribution in [0.1, 0.15) is 22.6 Å². The highest BCUT2D eigenvalue weighted by Gasteiger charge is 2.18. The Morgan fingerprint density at radius 1 is 0.727 bits per heavy atom. The molecule has 3 rings (SSSR count).